The lowest BCUT2D eigenvalue weighted by Gasteiger charge is -1.99. The molecule has 0 saturated carbocycles. The highest BCUT2D eigenvalue weighted by Gasteiger charge is 2.08. The first kappa shape index (κ1) is 11.3. The molecule has 76 valence electrons. The summed E-state index contributed by atoms with van der Waals surface area (Å²) in [7, 11) is 0. The molecule has 1 heterocycles. The zero-order chi connectivity index (χ0) is 10.6. The molecule has 0 aromatic carbocycles. The van der Waals surface area contributed by atoms with E-state index >= 15 is 0 Å². The average Bonchev–Trinajstić information content (AvgIpc) is 2.51. The average molecular weight is 229 g/mol. The molecule has 0 radical (unpaired) electrons. The molecule has 0 bridgehead atoms. The second-order valence-electron chi connectivity index (χ2n) is 2.73. The molecule has 1 N–H and O–H groups in total. The Hall–Kier alpha value is -0.810. The molecule has 0 fully saturated rings. The van der Waals surface area contributed by atoms with Crippen LogP contribution >= 0.6 is 23.1 Å². The summed E-state index contributed by atoms with van der Waals surface area (Å²) >= 11 is 3.06. The Morgan fingerprint density at radius 3 is 3.21 bits per heavy atom. The Labute approximate surface area is 90.9 Å². The van der Waals surface area contributed by atoms with Crippen LogP contribution in [0.5, 0.6) is 0 Å². The summed E-state index contributed by atoms with van der Waals surface area (Å²) in [4.78, 5) is 14.6. The predicted octanol–water partition coefficient (Wildman–Crippen LogP) is 2.44. The van der Waals surface area contributed by atoms with Crippen LogP contribution in [0.2, 0.25) is 0 Å². The third-order valence-electron chi connectivity index (χ3n) is 1.48. The third kappa shape index (κ3) is 3.51. The van der Waals surface area contributed by atoms with Gasteiger partial charge in [-0.1, -0.05) is 17.8 Å². The van der Waals surface area contributed by atoms with Crippen LogP contribution in [0.25, 0.3) is 0 Å². The Bertz CT molecular complexity index is 335. The lowest BCUT2D eigenvalue weighted by molar-refractivity contribution is -0.136. The fourth-order valence-electron chi connectivity index (χ4n) is 0.786. The molecule has 1 rings (SSSR count). The first-order chi connectivity index (χ1) is 6.61. The highest BCUT2D eigenvalue weighted by molar-refractivity contribution is 8.01. The number of carboxylic acids is 1. The monoisotopic (exact) mass is 229 g/mol. The van der Waals surface area contributed by atoms with Crippen molar-refractivity contribution in [3.05, 3.63) is 23.7 Å². The van der Waals surface area contributed by atoms with Crippen molar-refractivity contribution in [2.24, 2.45) is 0 Å². The smallest absolute Gasteiger partial charge is 0.309 e. The number of aliphatic carboxylic acids is 1. The molecule has 1 atom stereocenters. The number of aromatic nitrogens is 1. The van der Waals surface area contributed by atoms with E-state index in [0.717, 1.165) is 4.34 Å². The number of thiazole rings is 1. The minimum Gasteiger partial charge on any atom is -0.481 e. The number of hydrogen-bond acceptors (Lipinski definition) is 4. The Kier molecular flexibility index (Phi) is 4.16. The molecular weight excluding hydrogens is 218 g/mol. The SMILES string of the molecule is C=CC(C)Sc1nc(CC(=O)O)cs1. The molecule has 3 nitrogen and oxygen atoms in total. The maximum atomic E-state index is 10.4. The second kappa shape index (κ2) is 5.17. The van der Waals surface area contributed by atoms with Crippen LogP contribution in [0, 0.1) is 0 Å². The van der Waals surface area contributed by atoms with E-state index < -0.39 is 5.97 Å². The van der Waals surface area contributed by atoms with Crippen LogP contribution in [-0.4, -0.2) is 21.3 Å². The van der Waals surface area contributed by atoms with Crippen molar-refractivity contribution in [1.82, 2.24) is 4.98 Å². The van der Waals surface area contributed by atoms with Crippen molar-refractivity contribution >= 4 is 29.1 Å². The second-order valence-corrected chi connectivity index (χ2v) is 5.22. The van der Waals surface area contributed by atoms with E-state index in [1.54, 1.807) is 17.1 Å². The van der Waals surface area contributed by atoms with Crippen molar-refractivity contribution in [2.45, 2.75) is 22.9 Å². The molecule has 0 spiro atoms. The minimum absolute atomic E-state index is 0.000466. The Balaban J connectivity index is 2.59. The zero-order valence-corrected chi connectivity index (χ0v) is 9.40. The minimum atomic E-state index is -0.844. The maximum Gasteiger partial charge on any atom is 0.309 e. The van der Waals surface area contributed by atoms with Crippen molar-refractivity contribution < 1.29 is 9.90 Å². The predicted molar refractivity (Wildman–Crippen MR) is 59.0 cm³/mol. The Morgan fingerprint density at radius 2 is 2.64 bits per heavy atom. The van der Waals surface area contributed by atoms with E-state index in [1.807, 2.05) is 13.0 Å². The Morgan fingerprint density at radius 1 is 1.93 bits per heavy atom. The van der Waals surface area contributed by atoms with Crippen molar-refractivity contribution in [2.75, 3.05) is 0 Å². The molecule has 0 aliphatic carbocycles. The zero-order valence-electron chi connectivity index (χ0n) is 7.77. The van der Waals surface area contributed by atoms with Gasteiger partial charge in [0.25, 0.3) is 0 Å². The molecule has 5 heteroatoms. The standard InChI is InChI=1S/C9H11NO2S2/c1-3-6(2)14-9-10-7(5-13-9)4-8(11)12/h3,5-6H,1,4H2,2H3,(H,11,12). The lowest BCUT2D eigenvalue weighted by atomic mass is 10.3. The lowest BCUT2D eigenvalue weighted by Crippen LogP contribution is -2.00. The van der Waals surface area contributed by atoms with Crippen molar-refractivity contribution in [1.29, 1.82) is 0 Å². The van der Waals surface area contributed by atoms with E-state index in [2.05, 4.69) is 11.6 Å². The fraction of sp³-hybridized carbons (Fsp3) is 0.333. The number of carbonyl (C=O) groups is 1. The van der Waals surface area contributed by atoms with Gasteiger partial charge in [-0.05, 0) is 6.92 Å². The first-order valence-electron chi connectivity index (χ1n) is 4.07. The number of rotatable bonds is 5. The summed E-state index contributed by atoms with van der Waals surface area (Å²) in [6, 6.07) is 0. The van der Waals surface area contributed by atoms with Crippen LogP contribution in [0.15, 0.2) is 22.4 Å². The van der Waals surface area contributed by atoms with Gasteiger partial charge in [0.2, 0.25) is 0 Å². The van der Waals surface area contributed by atoms with E-state index in [9.17, 15) is 4.79 Å². The van der Waals surface area contributed by atoms with E-state index in [-0.39, 0.29) is 6.42 Å². The van der Waals surface area contributed by atoms with Gasteiger partial charge in [0.15, 0.2) is 4.34 Å². The summed E-state index contributed by atoms with van der Waals surface area (Å²) in [5.74, 6) is -0.844. The molecule has 1 aromatic rings. The van der Waals surface area contributed by atoms with Gasteiger partial charge in [-0.3, -0.25) is 4.79 Å². The van der Waals surface area contributed by atoms with Gasteiger partial charge >= 0.3 is 5.97 Å². The highest BCUT2D eigenvalue weighted by atomic mass is 32.2. The number of carboxylic acid groups (broad SMARTS) is 1. The van der Waals surface area contributed by atoms with Gasteiger partial charge in [-0.25, -0.2) is 4.98 Å². The van der Waals surface area contributed by atoms with Crippen molar-refractivity contribution in [3.63, 3.8) is 0 Å². The van der Waals surface area contributed by atoms with Crippen molar-refractivity contribution in [3.8, 4) is 0 Å². The molecule has 0 saturated heterocycles. The normalized spacial score (nSPS) is 12.4. The van der Waals surface area contributed by atoms with Crippen LogP contribution in [0.4, 0.5) is 0 Å². The third-order valence-corrected chi connectivity index (χ3v) is 3.60. The molecule has 1 aromatic heterocycles. The van der Waals surface area contributed by atoms with Crippen LogP contribution in [0.1, 0.15) is 12.6 Å². The largest absolute Gasteiger partial charge is 0.481 e. The molecule has 1 unspecified atom stereocenters. The summed E-state index contributed by atoms with van der Waals surface area (Å²) in [6.45, 7) is 5.70. The molecule has 0 aliphatic heterocycles. The summed E-state index contributed by atoms with van der Waals surface area (Å²) in [5, 5.41) is 10.6. The summed E-state index contributed by atoms with van der Waals surface area (Å²) < 4.78 is 0.897. The quantitative estimate of drug-likeness (QED) is 0.622. The van der Waals surface area contributed by atoms with Gasteiger partial charge < -0.3 is 5.11 Å². The van der Waals surface area contributed by atoms with Crippen LogP contribution in [-0.2, 0) is 11.2 Å². The van der Waals surface area contributed by atoms with Gasteiger partial charge in [-0.15, -0.1) is 17.9 Å². The highest BCUT2D eigenvalue weighted by Crippen LogP contribution is 2.27. The number of hydrogen-bond donors (Lipinski definition) is 1. The van der Waals surface area contributed by atoms with Crippen LogP contribution in [0.3, 0.4) is 0 Å². The van der Waals surface area contributed by atoms with Gasteiger partial charge in [0.05, 0.1) is 12.1 Å². The van der Waals surface area contributed by atoms with E-state index in [1.165, 1.54) is 11.3 Å². The van der Waals surface area contributed by atoms with E-state index in [0.29, 0.717) is 10.9 Å². The van der Waals surface area contributed by atoms with E-state index in [4.69, 9.17) is 5.11 Å². The fourth-order valence-corrected chi connectivity index (χ4v) is 2.73. The first-order valence-corrected chi connectivity index (χ1v) is 5.83. The van der Waals surface area contributed by atoms with Gasteiger partial charge in [-0.2, -0.15) is 0 Å². The summed E-state index contributed by atoms with van der Waals surface area (Å²) in [5.41, 5.74) is 0.626. The number of thioether (sulfide) groups is 1. The number of nitrogens with zero attached hydrogens (tertiary/aromatic N) is 1. The summed E-state index contributed by atoms with van der Waals surface area (Å²) in [6.07, 6.45) is 1.84. The van der Waals surface area contributed by atoms with Gasteiger partial charge in [0.1, 0.15) is 0 Å². The molecule has 0 aliphatic rings. The van der Waals surface area contributed by atoms with Gasteiger partial charge in [0, 0.05) is 10.6 Å². The molecular formula is C9H11NO2S2. The van der Waals surface area contributed by atoms with Crippen LogP contribution < -0.4 is 0 Å². The maximum absolute atomic E-state index is 10.4. The molecule has 14 heavy (non-hydrogen) atoms. The molecule has 0 amide bonds. The topological polar surface area (TPSA) is 50.2 Å².